The van der Waals surface area contributed by atoms with Gasteiger partial charge in [-0.1, -0.05) is 35.9 Å². The van der Waals surface area contributed by atoms with Crippen molar-refractivity contribution in [3.63, 3.8) is 0 Å². The Morgan fingerprint density at radius 1 is 1.15 bits per heavy atom. The summed E-state index contributed by atoms with van der Waals surface area (Å²) in [6.45, 7) is 0.422. The van der Waals surface area contributed by atoms with Crippen LogP contribution in [0.2, 0.25) is 5.02 Å². The van der Waals surface area contributed by atoms with Gasteiger partial charge in [-0.15, -0.1) is 0 Å². The van der Waals surface area contributed by atoms with Crippen LogP contribution in [0.25, 0.3) is 10.9 Å². The highest BCUT2D eigenvalue weighted by molar-refractivity contribution is 6.31. The topological polar surface area (TPSA) is 22.0 Å². The zero-order valence-electron chi connectivity index (χ0n) is 10.5. The number of halogens is 2. The Bertz CT molecular complexity index is 794. The van der Waals surface area contributed by atoms with E-state index in [-0.39, 0.29) is 5.02 Å². The first-order chi connectivity index (χ1) is 9.70. The Hall–Kier alpha value is -2.13. The lowest BCUT2D eigenvalue weighted by Crippen LogP contribution is -2.01. The van der Waals surface area contributed by atoms with Crippen molar-refractivity contribution in [3.8, 4) is 0 Å². The van der Waals surface area contributed by atoms with E-state index in [4.69, 9.17) is 11.6 Å². The second-order valence-electron chi connectivity index (χ2n) is 4.56. The summed E-state index contributed by atoms with van der Waals surface area (Å²) in [5.41, 5.74) is 2.13. The molecule has 1 heterocycles. The average Bonchev–Trinajstić information content (AvgIpc) is 2.87. The van der Waals surface area contributed by atoms with Crippen molar-refractivity contribution in [3.05, 3.63) is 70.6 Å². The molecule has 0 radical (unpaired) electrons. The summed E-state index contributed by atoms with van der Waals surface area (Å²) in [4.78, 5) is 11.1. The third-order valence-electron chi connectivity index (χ3n) is 3.32. The predicted molar refractivity (Wildman–Crippen MR) is 77.8 cm³/mol. The van der Waals surface area contributed by atoms with Gasteiger partial charge in [-0.05, 0) is 23.8 Å². The van der Waals surface area contributed by atoms with Gasteiger partial charge in [0.15, 0.2) is 6.29 Å². The van der Waals surface area contributed by atoms with E-state index in [9.17, 15) is 9.18 Å². The number of carbonyl (C=O) groups is 1. The first-order valence-corrected chi connectivity index (χ1v) is 6.54. The van der Waals surface area contributed by atoms with Gasteiger partial charge in [-0.25, -0.2) is 4.39 Å². The van der Waals surface area contributed by atoms with Crippen LogP contribution in [-0.4, -0.2) is 10.9 Å². The van der Waals surface area contributed by atoms with Crippen molar-refractivity contribution in [2.75, 3.05) is 0 Å². The van der Waals surface area contributed by atoms with E-state index in [1.807, 2.05) is 29.0 Å². The van der Waals surface area contributed by atoms with Crippen LogP contribution in [0, 0.1) is 5.82 Å². The molecule has 0 aliphatic carbocycles. The lowest BCUT2D eigenvalue weighted by atomic mass is 10.1. The maximum atomic E-state index is 13.5. The van der Waals surface area contributed by atoms with E-state index in [2.05, 4.69) is 0 Å². The number of hydrogen-bond acceptors (Lipinski definition) is 1. The molecule has 0 aliphatic rings. The summed E-state index contributed by atoms with van der Waals surface area (Å²) < 4.78 is 15.4. The average molecular weight is 288 g/mol. The summed E-state index contributed by atoms with van der Waals surface area (Å²) in [7, 11) is 0. The minimum atomic E-state index is -0.434. The maximum Gasteiger partial charge on any atom is 0.152 e. The molecule has 20 heavy (non-hydrogen) atoms. The van der Waals surface area contributed by atoms with Crippen LogP contribution in [-0.2, 0) is 6.54 Å². The fourth-order valence-corrected chi connectivity index (χ4v) is 2.56. The van der Waals surface area contributed by atoms with E-state index in [0.29, 0.717) is 17.7 Å². The van der Waals surface area contributed by atoms with E-state index in [0.717, 1.165) is 17.2 Å². The summed E-state index contributed by atoms with van der Waals surface area (Å²) in [5.74, 6) is -0.434. The number of carbonyl (C=O) groups excluding carboxylic acids is 1. The molecule has 1 aromatic heterocycles. The minimum Gasteiger partial charge on any atom is -0.342 e. The monoisotopic (exact) mass is 287 g/mol. The van der Waals surface area contributed by atoms with Crippen molar-refractivity contribution in [2.45, 2.75) is 6.54 Å². The van der Waals surface area contributed by atoms with E-state index < -0.39 is 5.82 Å². The zero-order chi connectivity index (χ0) is 14.1. The quantitative estimate of drug-likeness (QED) is 0.659. The highest BCUT2D eigenvalue weighted by Gasteiger charge is 2.10. The van der Waals surface area contributed by atoms with Crippen LogP contribution < -0.4 is 0 Å². The van der Waals surface area contributed by atoms with Gasteiger partial charge in [-0.2, -0.15) is 0 Å². The highest BCUT2D eigenvalue weighted by atomic mass is 35.5. The first kappa shape index (κ1) is 12.9. The van der Waals surface area contributed by atoms with E-state index >= 15 is 0 Å². The second-order valence-corrected chi connectivity index (χ2v) is 4.94. The number of para-hydroxylation sites is 1. The molecule has 0 bridgehead atoms. The smallest absolute Gasteiger partial charge is 0.152 e. The Labute approximate surface area is 120 Å². The van der Waals surface area contributed by atoms with Gasteiger partial charge < -0.3 is 4.57 Å². The Kier molecular flexibility index (Phi) is 3.28. The van der Waals surface area contributed by atoms with E-state index in [1.54, 1.807) is 18.2 Å². The second kappa shape index (κ2) is 5.10. The third-order valence-corrected chi connectivity index (χ3v) is 3.74. The molecular formula is C16H11ClFNO. The number of nitrogens with zero attached hydrogens (tertiary/aromatic N) is 1. The summed E-state index contributed by atoms with van der Waals surface area (Å²) in [5, 5.41) is 1.10. The third kappa shape index (κ3) is 2.10. The van der Waals surface area contributed by atoms with Crippen molar-refractivity contribution in [1.29, 1.82) is 0 Å². The van der Waals surface area contributed by atoms with E-state index in [1.165, 1.54) is 6.07 Å². The normalized spacial score (nSPS) is 10.9. The molecule has 2 aromatic carbocycles. The molecule has 100 valence electrons. The lowest BCUT2D eigenvalue weighted by Gasteiger charge is -2.09. The molecule has 0 saturated heterocycles. The Morgan fingerprint density at radius 3 is 2.75 bits per heavy atom. The fourth-order valence-electron chi connectivity index (χ4n) is 2.37. The van der Waals surface area contributed by atoms with Crippen LogP contribution in [0.15, 0.2) is 48.7 Å². The molecule has 0 fully saturated rings. The Balaban J connectivity index is 2.11. The zero-order valence-corrected chi connectivity index (χ0v) is 11.3. The number of fused-ring (bicyclic) bond motifs is 1. The van der Waals surface area contributed by atoms with Crippen molar-refractivity contribution in [1.82, 2.24) is 4.57 Å². The molecule has 2 nitrogen and oxygen atoms in total. The molecule has 3 aromatic rings. The first-order valence-electron chi connectivity index (χ1n) is 6.16. The van der Waals surface area contributed by atoms with Crippen LogP contribution in [0.5, 0.6) is 0 Å². The molecule has 0 amide bonds. The molecule has 3 rings (SSSR count). The van der Waals surface area contributed by atoms with Gasteiger partial charge in [0.2, 0.25) is 0 Å². The molecule has 0 unspecified atom stereocenters. The van der Waals surface area contributed by atoms with Crippen LogP contribution in [0.4, 0.5) is 4.39 Å². The molecular weight excluding hydrogens is 277 g/mol. The Morgan fingerprint density at radius 2 is 1.95 bits per heavy atom. The van der Waals surface area contributed by atoms with Crippen LogP contribution >= 0.6 is 11.6 Å². The molecule has 0 saturated carbocycles. The van der Waals surface area contributed by atoms with Gasteiger partial charge in [-0.3, -0.25) is 4.79 Å². The van der Waals surface area contributed by atoms with Gasteiger partial charge in [0.05, 0.1) is 10.5 Å². The summed E-state index contributed by atoms with van der Waals surface area (Å²) >= 11 is 5.98. The van der Waals surface area contributed by atoms with Crippen LogP contribution in [0.1, 0.15) is 15.9 Å². The number of benzene rings is 2. The maximum absolute atomic E-state index is 13.5. The molecule has 4 heteroatoms. The van der Waals surface area contributed by atoms with Crippen molar-refractivity contribution >= 4 is 28.8 Å². The van der Waals surface area contributed by atoms with Crippen molar-refractivity contribution in [2.24, 2.45) is 0 Å². The largest absolute Gasteiger partial charge is 0.342 e. The molecule has 0 N–H and O–H groups in total. The molecule has 0 spiro atoms. The van der Waals surface area contributed by atoms with Gasteiger partial charge in [0.1, 0.15) is 5.82 Å². The number of hydrogen-bond donors (Lipinski definition) is 0. The SMILES string of the molecule is O=Cc1cccc2ccn(Cc3cccc(F)c3Cl)c12. The van der Waals surface area contributed by atoms with Gasteiger partial charge in [0, 0.05) is 23.7 Å². The number of aromatic nitrogens is 1. The lowest BCUT2D eigenvalue weighted by molar-refractivity contribution is 0.112. The predicted octanol–water partition coefficient (Wildman–Crippen LogP) is 4.29. The minimum absolute atomic E-state index is 0.123. The van der Waals surface area contributed by atoms with Crippen molar-refractivity contribution < 1.29 is 9.18 Å². The van der Waals surface area contributed by atoms with Crippen LogP contribution in [0.3, 0.4) is 0 Å². The summed E-state index contributed by atoms with van der Waals surface area (Å²) in [6.07, 6.45) is 2.70. The number of rotatable bonds is 3. The molecule has 0 aliphatic heterocycles. The fraction of sp³-hybridized carbons (Fsp3) is 0.0625. The van der Waals surface area contributed by atoms with Gasteiger partial charge >= 0.3 is 0 Å². The molecule has 0 atom stereocenters. The standard InChI is InChI=1S/C16H11ClFNO/c17-15-12(4-2-6-14(15)18)9-19-8-7-11-3-1-5-13(10-20)16(11)19/h1-8,10H,9H2. The van der Waals surface area contributed by atoms with Gasteiger partial charge in [0.25, 0.3) is 0 Å². The summed E-state index contributed by atoms with van der Waals surface area (Å²) in [6, 6.07) is 12.2. The highest BCUT2D eigenvalue weighted by Crippen LogP contribution is 2.24. The number of aldehydes is 1.